The molecule has 0 aliphatic carbocycles. The molecule has 1 aromatic heterocycles. The number of rotatable bonds is 3. The van der Waals surface area contributed by atoms with Crippen molar-refractivity contribution in [3.63, 3.8) is 0 Å². The molecule has 0 unspecified atom stereocenters. The van der Waals surface area contributed by atoms with Gasteiger partial charge in [-0.25, -0.2) is 0 Å². The topological polar surface area (TPSA) is 42.7 Å². The second kappa shape index (κ2) is 5.61. The largest absolute Gasteiger partial charge is 0.489 e. The first-order chi connectivity index (χ1) is 10.9. The van der Waals surface area contributed by atoms with E-state index in [0.717, 1.165) is 17.0 Å². The maximum atomic E-state index is 12.9. The highest BCUT2D eigenvalue weighted by Crippen LogP contribution is 2.38. The summed E-state index contributed by atoms with van der Waals surface area (Å²) in [5.41, 5.74) is 2.82. The minimum Gasteiger partial charge on any atom is -0.489 e. The molecule has 0 radical (unpaired) electrons. The van der Waals surface area contributed by atoms with Crippen LogP contribution in [0.1, 0.15) is 19.4 Å². The Kier molecular flexibility index (Phi) is 3.76. The lowest BCUT2D eigenvalue weighted by Crippen LogP contribution is -2.16. The summed E-state index contributed by atoms with van der Waals surface area (Å²) in [6, 6.07) is 9.26. The Hall–Kier alpha value is -2.49. The zero-order valence-corrected chi connectivity index (χ0v) is 14.1. The molecule has 0 aliphatic rings. The Balaban J connectivity index is 2.50. The summed E-state index contributed by atoms with van der Waals surface area (Å²) in [5.74, 6) is 0.730. The van der Waals surface area contributed by atoms with Crippen molar-refractivity contribution in [1.82, 2.24) is 0 Å². The molecule has 23 heavy (non-hydrogen) atoms. The summed E-state index contributed by atoms with van der Waals surface area (Å²) in [4.78, 5) is 14.8. The van der Waals surface area contributed by atoms with Crippen LogP contribution in [0.5, 0.6) is 5.75 Å². The third kappa shape index (κ3) is 2.54. The number of hydrogen-bond donors (Lipinski definition) is 0. The van der Waals surface area contributed by atoms with Crippen molar-refractivity contribution in [2.24, 2.45) is 0 Å². The van der Waals surface area contributed by atoms with Crippen molar-refractivity contribution in [1.29, 1.82) is 0 Å². The number of para-hydroxylation sites is 1. The van der Waals surface area contributed by atoms with E-state index in [-0.39, 0.29) is 11.5 Å². The van der Waals surface area contributed by atoms with E-state index in [1.54, 1.807) is 6.07 Å². The molecule has 0 atom stereocenters. The van der Waals surface area contributed by atoms with Gasteiger partial charge in [0.15, 0.2) is 5.58 Å². The quantitative estimate of drug-likeness (QED) is 0.683. The van der Waals surface area contributed by atoms with Crippen molar-refractivity contribution in [2.75, 3.05) is 19.0 Å². The van der Waals surface area contributed by atoms with E-state index in [2.05, 4.69) is 0 Å². The van der Waals surface area contributed by atoms with Crippen LogP contribution in [0.4, 0.5) is 5.69 Å². The minimum absolute atomic E-state index is 0.00135. The van der Waals surface area contributed by atoms with Gasteiger partial charge in [0.25, 0.3) is 0 Å². The highest BCUT2D eigenvalue weighted by atomic mass is 16.5. The van der Waals surface area contributed by atoms with Gasteiger partial charge in [0.2, 0.25) is 5.43 Å². The second-order valence-corrected chi connectivity index (χ2v) is 6.23. The molecule has 120 valence electrons. The molecule has 0 N–H and O–H groups in total. The third-order valence-corrected chi connectivity index (χ3v) is 3.80. The average Bonchev–Trinajstić information content (AvgIpc) is 2.46. The van der Waals surface area contributed by atoms with Gasteiger partial charge in [-0.3, -0.25) is 4.79 Å². The van der Waals surface area contributed by atoms with Crippen LogP contribution in [-0.4, -0.2) is 20.2 Å². The van der Waals surface area contributed by atoms with Crippen molar-refractivity contribution in [2.45, 2.75) is 26.9 Å². The van der Waals surface area contributed by atoms with E-state index in [4.69, 9.17) is 9.15 Å². The van der Waals surface area contributed by atoms with Crippen LogP contribution in [0.3, 0.4) is 0 Å². The van der Waals surface area contributed by atoms with E-state index in [9.17, 15) is 4.79 Å². The maximum absolute atomic E-state index is 12.9. The van der Waals surface area contributed by atoms with Crippen LogP contribution in [0.15, 0.2) is 39.5 Å². The van der Waals surface area contributed by atoms with Crippen molar-refractivity contribution >= 4 is 27.6 Å². The normalized spacial score (nSPS) is 11.4. The Morgan fingerprint density at radius 2 is 1.87 bits per heavy atom. The van der Waals surface area contributed by atoms with Crippen LogP contribution in [0.2, 0.25) is 0 Å². The van der Waals surface area contributed by atoms with Gasteiger partial charge < -0.3 is 14.1 Å². The Bertz CT molecular complexity index is 939. The number of anilines is 1. The number of aryl methyl sites for hydroxylation is 1. The molecule has 0 fully saturated rings. The lowest BCUT2D eigenvalue weighted by molar-refractivity contribution is 0.243. The molecule has 2 aromatic carbocycles. The summed E-state index contributed by atoms with van der Waals surface area (Å²) >= 11 is 0. The standard InChI is InChI=1S/C19H21NO3/c1-11(2)22-15-10-12(3)16-18(21)13-8-6-7-9-14(13)23-19(16)17(15)20(4)5/h6-11H,1-5H3. The summed E-state index contributed by atoms with van der Waals surface area (Å²) in [6.07, 6.45) is 0.0396. The predicted octanol–water partition coefficient (Wildman–Crippen LogP) is 4.11. The Labute approximate surface area is 135 Å². The summed E-state index contributed by atoms with van der Waals surface area (Å²) in [6.45, 7) is 5.88. The SMILES string of the molecule is Cc1cc(OC(C)C)c(N(C)C)c2oc3ccccc3c(=O)c12. The summed E-state index contributed by atoms with van der Waals surface area (Å²) in [7, 11) is 3.85. The molecule has 3 aromatic rings. The van der Waals surface area contributed by atoms with Crippen molar-refractivity contribution in [3.8, 4) is 5.75 Å². The van der Waals surface area contributed by atoms with Gasteiger partial charge in [-0.1, -0.05) is 12.1 Å². The molecule has 1 heterocycles. The molecule has 0 saturated carbocycles. The Morgan fingerprint density at radius 1 is 1.17 bits per heavy atom. The highest BCUT2D eigenvalue weighted by Gasteiger charge is 2.20. The van der Waals surface area contributed by atoms with E-state index < -0.39 is 0 Å². The van der Waals surface area contributed by atoms with Crippen LogP contribution < -0.4 is 15.1 Å². The lowest BCUT2D eigenvalue weighted by atomic mass is 10.0. The van der Waals surface area contributed by atoms with Gasteiger partial charge in [-0.05, 0) is 44.5 Å². The molecular weight excluding hydrogens is 290 g/mol. The summed E-state index contributed by atoms with van der Waals surface area (Å²) < 4.78 is 12.0. The number of nitrogens with zero attached hydrogens (tertiary/aromatic N) is 1. The molecule has 4 nitrogen and oxygen atoms in total. The van der Waals surface area contributed by atoms with Gasteiger partial charge in [-0.15, -0.1) is 0 Å². The highest BCUT2D eigenvalue weighted by molar-refractivity contribution is 5.99. The molecule has 0 saturated heterocycles. The van der Waals surface area contributed by atoms with Crippen LogP contribution >= 0.6 is 0 Å². The zero-order valence-electron chi connectivity index (χ0n) is 14.1. The molecule has 0 aliphatic heterocycles. The third-order valence-electron chi connectivity index (χ3n) is 3.80. The van der Waals surface area contributed by atoms with Gasteiger partial charge in [0.1, 0.15) is 17.0 Å². The van der Waals surface area contributed by atoms with Gasteiger partial charge in [0.05, 0.1) is 16.9 Å². The van der Waals surface area contributed by atoms with E-state index in [1.165, 1.54) is 0 Å². The van der Waals surface area contributed by atoms with E-state index in [1.807, 2.05) is 64.0 Å². The zero-order chi connectivity index (χ0) is 16.7. The monoisotopic (exact) mass is 311 g/mol. The van der Waals surface area contributed by atoms with Gasteiger partial charge in [0, 0.05) is 14.1 Å². The first-order valence-electron chi connectivity index (χ1n) is 7.73. The Morgan fingerprint density at radius 3 is 2.52 bits per heavy atom. The molecular formula is C19H21NO3. The van der Waals surface area contributed by atoms with Crippen molar-refractivity contribution < 1.29 is 9.15 Å². The molecule has 4 heteroatoms. The fourth-order valence-electron chi connectivity index (χ4n) is 2.88. The minimum atomic E-state index is -0.00135. The fraction of sp³-hybridized carbons (Fsp3) is 0.316. The molecule has 0 amide bonds. The molecule has 0 bridgehead atoms. The first kappa shape index (κ1) is 15.4. The van der Waals surface area contributed by atoms with E-state index >= 15 is 0 Å². The van der Waals surface area contributed by atoms with Gasteiger partial charge in [-0.2, -0.15) is 0 Å². The van der Waals surface area contributed by atoms with E-state index in [0.29, 0.717) is 21.9 Å². The number of benzene rings is 2. The average molecular weight is 311 g/mol. The molecule has 3 rings (SSSR count). The number of hydrogen-bond acceptors (Lipinski definition) is 4. The van der Waals surface area contributed by atoms with Crippen LogP contribution in [-0.2, 0) is 0 Å². The first-order valence-corrected chi connectivity index (χ1v) is 7.73. The van der Waals surface area contributed by atoms with Gasteiger partial charge >= 0.3 is 0 Å². The van der Waals surface area contributed by atoms with Crippen LogP contribution in [0.25, 0.3) is 21.9 Å². The van der Waals surface area contributed by atoms with Crippen LogP contribution in [0, 0.1) is 6.92 Å². The predicted molar refractivity (Wildman–Crippen MR) is 94.8 cm³/mol. The maximum Gasteiger partial charge on any atom is 0.200 e. The fourth-order valence-corrected chi connectivity index (χ4v) is 2.88. The summed E-state index contributed by atoms with van der Waals surface area (Å²) in [5, 5.41) is 1.22. The number of ether oxygens (including phenoxy) is 1. The lowest BCUT2D eigenvalue weighted by Gasteiger charge is -2.22. The molecule has 0 spiro atoms. The smallest absolute Gasteiger partial charge is 0.200 e. The second-order valence-electron chi connectivity index (χ2n) is 6.23. The number of fused-ring (bicyclic) bond motifs is 2. The van der Waals surface area contributed by atoms with Crippen molar-refractivity contribution in [3.05, 3.63) is 46.1 Å².